The van der Waals surface area contributed by atoms with E-state index in [0.29, 0.717) is 25.7 Å². The largest absolute Gasteiger partial charge is 0.472 e. The normalized spacial score (nSPS) is 14.0. The van der Waals surface area contributed by atoms with Crippen molar-refractivity contribution in [1.29, 1.82) is 0 Å². The highest BCUT2D eigenvalue weighted by Gasteiger charge is 2.30. The van der Waals surface area contributed by atoms with Gasteiger partial charge < -0.3 is 33.8 Å². The third kappa shape index (κ3) is 70.0. The average Bonchev–Trinajstić information content (AvgIpc) is 2.65. The number of ether oxygens (including phenoxy) is 4. The van der Waals surface area contributed by atoms with Crippen molar-refractivity contribution in [2.45, 2.75) is 406 Å². The summed E-state index contributed by atoms with van der Waals surface area (Å²) in [5.41, 5.74) is 0. The molecule has 0 aliphatic carbocycles. The highest BCUT2D eigenvalue weighted by molar-refractivity contribution is 7.47. The first-order valence-electron chi connectivity index (χ1n) is 39.6. The third-order valence-corrected chi connectivity index (χ3v) is 19.4. The Morgan fingerprint density at radius 2 is 0.500 bits per heavy atom. The van der Waals surface area contributed by atoms with Crippen LogP contribution in [-0.2, 0) is 65.4 Å². The molecular formula is C77H146O17P2. The van der Waals surface area contributed by atoms with Crippen molar-refractivity contribution < 1.29 is 80.2 Å². The van der Waals surface area contributed by atoms with Crippen LogP contribution in [0.4, 0.5) is 0 Å². The fraction of sp³-hybridized carbons (Fsp3) is 0.896. The number of aliphatic hydroxyl groups is 1. The Hall–Kier alpha value is -2.46. The average molecular weight is 1410 g/mol. The topological polar surface area (TPSA) is 237 Å². The fourth-order valence-electron chi connectivity index (χ4n) is 11.4. The van der Waals surface area contributed by atoms with Gasteiger partial charge in [-0.3, -0.25) is 37.3 Å². The Balaban J connectivity index is 5.24. The molecule has 3 N–H and O–H groups in total. The van der Waals surface area contributed by atoms with E-state index in [-0.39, 0.29) is 25.7 Å². The molecule has 0 fully saturated rings. The number of carbonyl (C=O) groups excluding carboxylic acids is 4. The summed E-state index contributed by atoms with van der Waals surface area (Å²) in [7, 11) is -9.92. The number of carbonyl (C=O) groups is 4. The molecule has 17 nitrogen and oxygen atoms in total. The lowest BCUT2D eigenvalue weighted by Gasteiger charge is -2.21. The monoisotopic (exact) mass is 1410 g/mol. The number of rotatable bonds is 76. The summed E-state index contributed by atoms with van der Waals surface area (Å²) >= 11 is 0. The quantitative estimate of drug-likeness (QED) is 0.0169. The van der Waals surface area contributed by atoms with Gasteiger partial charge in [-0.1, -0.05) is 335 Å². The minimum atomic E-state index is -4.96. The SMILES string of the molecule is CCCCCC/C=C\C=C/CCCCCCCC(=O)OC[C@H](COP(=O)(O)OC[C@@H](O)COP(=O)(O)OC[C@@H](COC(=O)CCCCCCCCCC)OC(=O)CCCCCCCCCCCCCCCCC)OC(=O)CCCCCCCCCCCCCCCCCCCC. The van der Waals surface area contributed by atoms with Gasteiger partial charge in [0.05, 0.1) is 26.4 Å². The number of unbranched alkanes of at least 4 members (excludes halogenated alkanes) is 47. The number of hydrogen-bond acceptors (Lipinski definition) is 15. The van der Waals surface area contributed by atoms with E-state index in [1.54, 1.807) is 0 Å². The molecule has 0 heterocycles. The number of phosphoric acid groups is 2. The van der Waals surface area contributed by atoms with Gasteiger partial charge in [0.2, 0.25) is 0 Å². The van der Waals surface area contributed by atoms with Gasteiger partial charge in [0, 0.05) is 25.7 Å². The molecule has 0 aliphatic rings. The molecule has 0 spiro atoms. The van der Waals surface area contributed by atoms with Gasteiger partial charge in [-0.15, -0.1) is 0 Å². The maximum Gasteiger partial charge on any atom is 0.472 e. The third-order valence-electron chi connectivity index (χ3n) is 17.5. The number of allylic oxidation sites excluding steroid dienone is 4. The van der Waals surface area contributed by atoms with Gasteiger partial charge >= 0.3 is 39.5 Å². The first-order chi connectivity index (χ1) is 46.7. The zero-order valence-electron chi connectivity index (χ0n) is 61.8. The Morgan fingerprint density at radius 1 is 0.292 bits per heavy atom. The molecular weight excluding hydrogens is 1260 g/mol. The van der Waals surface area contributed by atoms with Crippen LogP contribution >= 0.6 is 15.6 Å². The van der Waals surface area contributed by atoms with Crippen molar-refractivity contribution in [2.75, 3.05) is 39.6 Å². The summed E-state index contributed by atoms with van der Waals surface area (Å²) in [5, 5.41) is 10.6. The first kappa shape index (κ1) is 93.5. The lowest BCUT2D eigenvalue weighted by atomic mass is 10.0. The van der Waals surface area contributed by atoms with Crippen LogP contribution in [0.3, 0.4) is 0 Å². The van der Waals surface area contributed by atoms with Crippen molar-refractivity contribution in [1.82, 2.24) is 0 Å². The van der Waals surface area contributed by atoms with Gasteiger partial charge in [0.1, 0.15) is 19.3 Å². The summed E-state index contributed by atoms with van der Waals surface area (Å²) in [6.07, 6.45) is 64.6. The van der Waals surface area contributed by atoms with E-state index >= 15 is 0 Å². The maximum atomic E-state index is 13.1. The molecule has 0 saturated heterocycles. The Bertz CT molecular complexity index is 1920. The van der Waals surface area contributed by atoms with Crippen LogP contribution in [0.1, 0.15) is 387 Å². The standard InChI is InChI=1S/C77H146O17P2/c1-5-9-13-17-21-25-28-31-34-35-36-39-42-45-48-52-56-60-64-77(82)94-73(68-88-75(80)62-58-54-50-46-43-40-37-32-29-26-22-18-14-10-6-2)70-92-96(85,86)90-66-71(78)65-89-95(83,84)91-69-72(67-87-74(79)61-57-53-49-24-20-16-12-8-4)93-76(81)63-59-55-51-47-44-41-38-33-30-27-23-19-15-11-7-3/h26,29,32,37,71-73,78H,5-25,27-28,30-31,33-36,38-70H2,1-4H3,(H,83,84)(H,85,86)/b29-26-,37-32-/t71-,72+,73+/m0/s1. The van der Waals surface area contributed by atoms with E-state index in [9.17, 15) is 43.2 Å². The van der Waals surface area contributed by atoms with Gasteiger partial charge in [-0.25, -0.2) is 9.13 Å². The van der Waals surface area contributed by atoms with E-state index in [4.69, 9.17) is 37.0 Å². The van der Waals surface area contributed by atoms with Crippen LogP contribution < -0.4 is 0 Å². The molecule has 0 rings (SSSR count). The van der Waals surface area contributed by atoms with Crippen molar-refractivity contribution in [3.8, 4) is 0 Å². The molecule has 0 aromatic rings. The smallest absolute Gasteiger partial charge is 0.462 e. The molecule has 0 radical (unpaired) electrons. The van der Waals surface area contributed by atoms with Crippen LogP contribution in [0, 0.1) is 0 Å². The van der Waals surface area contributed by atoms with Crippen LogP contribution in [0.15, 0.2) is 24.3 Å². The Labute approximate surface area is 586 Å². The van der Waals surface area contributed by atoms with Gasteiger partial charge in [-0.05, 0) is 51.4 Å². The molecule has 0 aromatic carbocycles. The van der Waals surface area contributed by atoms with E-state index < -0.39 is 97.5 Å². The van der Waals surface area contributed by atoms with Gasteiger partial charge in [0.25, 0.3) is 0 Å². The minimum absolute atomic E-state index is 0.102. The number of esters is 4. The van der Waals surface area contributed by atoms with Crippen molar-refractivity contribution in [3.05, 3.63) is 24.3 Å². The van der Waals surface area contributed by atoms with Gasteiger partial charge in [0.15, 0.2) is 12.2 Å². The molecule has 0 amide bonds. The number of aliphatic hydroxyl groups excluding tert-OH is 1. The van der Waals surface area contributed by atoms with Crippen molar-refractivity contribution >= 4 is 39.5 Å². The lowest BCUT2D eigenvalue weighted by molar-refractivity contribution is -0.161. The molecule has 0 aliphatic heterocycles. The minimum Gasteiger partial charge on any atom is -0.462 e. The lowest BCUT2D eigenvalue weighted by Crippen LogP contribution is -2.30. The molecule has 5 atom stereocenters. The van der Waals surface area contributed by atoms with Crippen molar-refractivity contribution in [3.63, 3.8) is 0 Å². The molecule has 566 valence electrons. The Kier molecular flexibility index (Phi) is 69.1. The van der Waals surface area contributed by atoms with E-state index in [1.165, 1.54) is 193 Å². The highest BCUT2D eigenvalue weighted by atomic mass is 31.2. The second-order valence-electron chi connectivity index (χ2n) is 27.1. The predicted molar refractivity (Wildman–Crippen MR) is 391 cm³/mol. The van der Waals surface area contributed by atoms with Crippen LogP contribution in [0.25, 0.3) is 0 Å². The molecule has 0 aromatic heterocycles. The predicted octanol–water partition coefficient (Wildman–Crippen LogP) is 22.6. The van der Waals surface area contributed by atoms with Gasteiger partial charge in [-0.2, -0.15) is 0 Å². The summed E-state index contributed by atoms with van der Waals surface area (Å²) < 4.78 is 68.5. The maximum absolute atomic E-state index is 13.1. The van der Waals surface area contributed by atoms with E-state index in [1.807, 2.05) is 0 Å². The van der Waals surface area contributed by atoms with Crippen molar-refractivity contribution in [2.24, 2.45) is 0 Å². The van der Waals surface area contributed by atoms with Crippen LogP contribution in [-0.4, -0.2) is 96.7 Å². The van der Waals surface area contributed by atoms with E-state index in [0.717, 1.165) is 116 Å². The summed E-state index contributed by atoms with van der Waals surface area (Å²) in [4.78, 5) is 72.7. The molecule has 19 heteroatoms. The number of phosphoric ester groups is 2. The summed E-state index contributed by atoms with van der Waals surface area (Å²) in [5.74, 6) is -2.14. The van der Waals surface area contributed by atoms with Crippen LogP contribution in [0.2, 0.25) is 0 Å². The molecule has 0 bridgehead atoms. The molecule has 2 unspecified atom stereocenters. The molecule has 0 saturated carbocycles. The Morgan fingerprint density at radius 3 is 0.760 bits per heavy atom. The van der Waals surface area contributed by atoms with E-state index in [2.05, 4.69) is 52.0 Å². The second-order valence-corrected chi connectivity index (χ2v) is 30.0. The summed E-state index contributed by atoms with van der Waals surface area (Å²) in [6.45, 7) is 4.91. The molecule has 96 heavy (non-hydrogen) atoms. The van der Waals surface area contributed by atoms with Crippen LogP contribution in [0.5, 0.6) is 0 Å². The number of hydrogen-bond donors (Lipinski definition) is 3. The second kappa shape index (κ2) is 71.0. The zero-order valence-corrected chi connectivity index (χ0v) is 63.6. The first-order valence-corrected chi connectivity index (χ1v) is 42.6. The fourth-order valence-corrected chi connectivity index (χ4v) is 13.0. The summed E-state index contributed by atoms with van der Waals surface area (Å²) in [6, 6.07) is 0. The highest BCUT2D eigenvalue weighted by Crippen LogP contribution is 2.45. The zero-order chi connectivity index (χ0) is 70.4.